The lowest BCUT2D eigenvalue weighted by molar-refractivity contribution is 0.0621. The summed E-state index contributed by atoms with van der Waals surface area (Å²) in [6.45, 7) is 3.92. The molecule has 0 bridgehead atoms. The van der Waals surface area contributed by atoms with Crippen LogP contribution in [0.5, 0.6) is 11.5 Å². The predicted molar refractivity (Wildman–Crippen MR) is 105 cm³/mol. The highest BCUT2D eigenvalue weighted by molar-refractivity contribution is 9.10. The molecule has 2 aromatic rings. The van der Waals surface area contributed by atoms with Crippen LogP contribution in [0.4, 0.5) is 0 Å². The number of hydrogen-bond acceptors (Lipinski definition) is 4. The van der Waals surface area contributed by atoms with Crippen LogP contribution in [0.25, 0.3) is 0 Å². The van der Waals surface area contributed by atoms with Gasteiger partial charge in [0.25, 0.3) is 5.91 Å². The zero-order chi connectivity index (χ0) is 18.5. The van der Waals surface area contributed by atoms with Gasteiger partial charge in [-0.1, -0.05) is 40.2 Å². The van der Waals surface area contributed by atoms with Gasteiger partial charge in [-0.05, 0) is 23.8 Å². The van der Waals surface area contributed by atoms with Crippen LogP contribution in [-0.4, -0.2) is 56.1 Å². The SMILES string of the molecule is COc1cccc(OC)c1C(=O)N1CCN(Cc2ccccc2Br)CC1. The van der Waals surface area contributed by atoms with Crippen molar-refractivity contribution in [2.75, 3.05) is 40.4 Å². The molecule has 1 saturated heterocycles. The minimum atomic E-state index is -0.0418. The number of benzene rings is 2. The number of piperazine rings is 1. The summed E-state index contributed by atoms with van der Waals surface area (Å²) in [7, 11) is 3.14. The fourth-order valence-electron chi connectivity index (χ4n) is 3.20. The third kappa shape index (κ3) is 4.02. The monoisotopic (exact) mass is 418 g/mol. The van der Waals surface area contributed by atoms with Crippen molar-refractivity contribution in [1.29, 1.82) is 0 Å². The van der Waals surface area contributed by atoms with E-state index in [1.54, 1.807) is 26.4 Å². The van der Waals surface area contributed by atoms with Crippen molar-refractivity contribution in [3.8, 4) is 11.5 Å². The Balaban J connectivity index is 1.67. The van der Waals surface area contributed by atoms with Gasteiger partial charge in [0.2, 0.25) is 0 Å². The molecule has 1 amide bonds. The average molecular weight is 419 g/mol. The van der Waals surface area contributed by atoms with E-state index in [-0.39, 0.29) is 5.91 Å². The molecule has 0 unspecified atom stereocenters. The number of ether oxygens (including phenoxy) is 2. The zero-order valence-corrected chi connectivity index (χ0v) is 16.7. The highest BCUT2D eigenvalue weighted by atomic mass is 79.9. The van der Waals surface area contributed by atoms with Crippen LogP contribution in [0.15, 0.2) is 46.9 Å². The van der Waals surface area contributed by atoms with Gasteiger partial charge in [0.1, 0.15) is 17.1 Å². The quantitative estimate of drug-likeness (QED) is 0.745. The fraction of sp³-hybridized carbons (Fsp3) is 0.350. The van der Waals surface area contributed by atoms with Gasteiger partial charge in [-0.25, -0.2) is 0 Å². The summed E-state index contributed by atoms with van der Waals surface area (Å²) >= 11 is 3.60. The summed E-state index contributed by atoms with van der Waals surface area (Å²) in [5.41, 5.74) is 1.76. The molecule has 0 aliphatic carbocycles. The Morgan fingerprint density at radius 1 is 0.962 bits per heavy atom. The van der Waals surface area contributed by atoms with E-state index >= 15 is 0 Å². The van der Waals surface area contributed by atoms with Crippen molar-refractivity contribution in [2.45, 2.75) is 6.54 Å². The third-order valence-electron chi connectivity index (χ3n) is 4.65. The molecule has 2 aromatic carbocycles. The minimum Gasteiger partial charge on any atom is -0.496 e. The molecule has 26 heavy (non-hydrogen) atoms. The highest BCUT2D eigenvalue weighted by Crippen LogP contribution is 2.30. The van der Waals surface area contributed by atoms with Gasteiger partial charge in [0, 0.05) is 37.2 Å². The number of halogens is 1. The number of carbonyl (C=O) groups excluding carboxylic acids is 1. The molecule has 0 aromatic heterocycles. The number of amides is 1. The smallest absolute Gasteiger partial charge is 0.261 e. The number of rotatable bonds is 5. The van der Waals surface area contributed by atoms with Crippen molar-refractivity contribution in [3.63, 3.8) is 0 Å². The fourth-order valence-corrected chi connectivity index (χ4v) is 3.61. The molecule has 6 heteroatoms. The molecule has 0 spiro atoms. The van der Waals surface area contributed by atoms with Crippen molar-refractivity contribution < 1.29 is 14.3 Å². The van der Waals surface area contributed by atoms with Gasteiger partial charge in [-0.15, -0.1) is 0 Å². The van der Waals surface area contributed by atoms with E-state index in [0.717, 1.165) is 24.1 Å². The van der Waals surface area contributed by atoms with E-state index in [2.05, 4.69) is 33.0 Å². The van der Waals surface area contributed by atoms with E-state index in [9.17, 15) is 4.79 Å². The first-order valence-corrected chi connectivity index (χ1v) is 9.39. The van der Waals surface area contributed by atoms with Crippen LogP contribution >= 0.6 is 15.9 Å². The summed E-state index contributed by atoms with van der Waals surface area (Å²) < 4.78 is 11.9. The van der Waals surface area contributed by atoms with Crippen molar-refractivity contribution in [3.05, 3.63) is 58.1 Å². The summed E-state index contributed by atoms with van der Waals surface area (Å²) in [4.78, 5) is 17.3. The Hall–Kier alpha value is -2.05. The first kappa shape index (κ1) is 18.7. The van der Waals surface area contributed by atoms with Crippen molar-refractivity contribution >= 4 is 21.8 Å². The molecule has 5 nitrogen and oxygen atoms in total. The molecule has 0 N–H and O–H groups in total. The first-order chi connectivity index (χ1) is 12.6. The molecule has 0 atom stereocenters. The van der Waals surface area contributed by atoms with Crippen LogP contribution in [0.2, 0.25) is 0 Å². The Kier molecular flexibility index (Phi) is 6.16. The van der Waals surface area contributed by atoms with E-state index < -0.39 is 0 Å². The minimum absolute atomic E-state index is 0.0418. The summed E-state index contributed by atoms with van der Waals surface area (Å²) in [5, 5.41) is 0. The Bertz CT molecular complexity index is 751. The van der Waals surface area contributed by atoms with Gasteiger partial charge in [-0.2, -0.15) is 0 Å². The van der Waals surface area contributed by atoms with Crippen LogP contribution in [-0.2, 0) is 6.54 Å². The molecule has 138 valence electrons. The van der Waals surface area contributed by atoms with E-state index in [1.165, 1.54) is 5.56 Å². The lowest BCUT2D eigenvalue weighted by Gasteiger charge is -2.35. The molecular formula is C20H23BrN2O3. The summed E-state index contributed by atoms with van der Waals surface area (Å²) in [6.07, 6.45) is 0. The van der Waals surface area contributed by atoms with Crippen LogP contribution < -0.4 is 9.47 Å². The van der Waals surface area contributed by atoms with Gasteiger partial charge in [0.15, 0.2) is 0 Å². The Labute approximate surface area is 162 Å². The van der Waals surface area contributed by atoms with Gasteiger partial charge in [-0.3, -0.25) is 9.69 Å². The standard InChI is InChI=1S/C20H23BrN2O3/c1-25-17-8-5-9-18(26-2)19(17)20(24)23-12-10-22(11-13-23)14-15-6-3-4-7-16(15)21/h3-9H,10-14H2,1-2H3. The third-order valence-corrected chi connectivity index (χ3v) is 5.43. The van der Waals surface area contributed by atoms with Crippen LogP contribution in [0.1, 0.15) is 15.9 Å². The molecule has 1 aliphatic rings. The normalized spacial score (nSPS) is 15.0. The topological polar surface area (TPSA) is 42.0 Å². The summed E-state index contributed by atoms with van der Waals surface area (Å²) in [5.74, 6) is 1.05. The molecule has 1 fully saturated rings. The Morgan fingerprint density at radius 2 is 1.58 bits per heavy atom. The van der Waals surface area contributed by atoms with E-state index in [1.807, 2.05) is 23.1 Å². The molecule has 1 heterocycles. The highest BCUT2D eigenvalue weighted by Gasteiger charge is 2.27. The van der Waals surface area contributed by atoms with Crippen molar-refractivity contribution in [1.82, 2.24) is 9.80 Å². The second-order valence-electron chi connectivity index (χ2n) is 6.20. The Morgan fingerprint density at radius 3 is 2.15 bits per heavy atom. The van der Waals surface area contributed by atoms with Gasteiger partial charge < -0.3 is 14.4 Å². The van der Waals surface area contributed by atoms with Crippen LogP contribution in [0, 0.1) is 0 Å². The van der Waals surface area contributed by atoms with Gasteiger partial charge >= 0.3 is 0 Å². The molecular weight excluding hydrogens is 396 g/mol. The number of nitrogens with zero attached hydrogens (tertiary/aromatic N) is 2. The maximum atomic E-state index is 13.0. The molecule has 0 radical (unpaired) electrons. The van der Waals surface area contributed by atoms with E-state index in [4.69, 9.17) is 9.47 Å². The van der Waals surface area contributed by atoms with Gasteiger partial charge in [0.05, 0.1) is 14.2 Å². The predicted octanol–water partition coefficient (Wildman–Crippen LogP) is 3.42. The first-order valence-electron chi connectivity index (χ1n) is 8.60. The summed E-state index contributed by atoms with van der Waals surface area (Å²) in [6, 6.07) is 13.7. The maximum Gasteiger partial charge on any atom is 0.261 e. The van der Waals surface area contributed by atoms with Crippen LogP contribution in [0.3, 0.4) is 0 Å². The lowest BCUT2D eigenvalue weighted by atomic mass is 10.1. The average Bonchev–Trinajstić information content (AvgIpc) is 2.69. The number of hydrogen-bond donors (Lipinski definition) is 0. The largest absolute Gasteiger partial charge is 0.496 e. The second kappa shape index (κ2) is 8.56. The second-order valence-corrected chi connectivity index (χ2v) is 7.05. The number of methoxy groups -OCH3 is 2. The maximum absolute atomic E-state index is 13.0. The van der Waals surface area contributed by atoms with E-state index in [0.29, 0.717) is 30.2 Å². The number of carbonyl (C=O) groups is 1. The van der Waals surface area contributed by atoms with Crippen molar-refractivity contribution in [2.24, 2.45) is 0 Å². The molecule has 3 rings (SSSR count). The zero-order valence-electron chi connectivity index (χ0n) is 15.1. The molecule has 1 aliphatic heterocycles. The lowest BCUT2D eigenvalue weighted by Crippen LogP contribution is -2.48. The molecule has 0 saturated carbocycles.